The van der Waals surface area contributed by atoms with Crippen LogP contribution in [0.2, 0.25) is 0 Å². The van der Waals surface area contributed by atoms with Crippen LogP contribution in [0.4, 0.5) is 10.1 Å². The molecule has 1 fully saturated rings. The Morgan fingerprint density at radius 3 is 2.39 bits per heavy atom. The lowest BCUT2D eigenvalue weighted by atomic mass is 10.1. The van der Waals surface area contributed by atoms with Crippen LogP contribution in [0.1, 0.15) is 20.3 Å². The maximum atomic E-state index is 13.1. The van der Waals surface area contributed by atoms with E-state index in [2.05, 4.69) is 20.5 Å². The zero-order valence-electron chi connectivity index (χ0n) is 17.3. The van der Waals surface area contributed by atoms with Gasteiger partial charge >= 0.3 is 0 Å². The summed E-state index contributed by atoms with van der Waals surface area (Å²) in [4.78, 5) is 20.7. The Bertz CT molecular complexity index is 655. The monoisotopic (exact) mass is 393 g/mol. The van der Waals surface area contributed by atoms with Crippen molar-refractivity contribution in [2.24, 2.45) is 4.99 Å². The van der Waals surface area contributed by atoms with Crippen LogP contribution in [0.25, 0.3) is 0 Å². The van der Waals surface area contributed by atoms with Crippen molar-refractivity contribution in [3.63, 3.8) is 0 Å². The van der Waals surface area contributed by atoms with Gasteiger partial charge in [-0.1, -0.05) is 0 Å². The average Bonchev–Trinajstić information content (AvgIpc) is 2.71. The molecule has 1 saturated heterocycles. The standard InChI is InChI=1S/C20H32FN5O2/c1-20(2,28-4)15-24-19(22-3)23-10-9-18(27)26-13-11-25(12-14-26)17-7-5-16(21)6-8-17/h5-8H,9-15H2,1-4H3,(H2,22,23,24). The highest BCUT2D eigenvalue weighted by molar-refractivity contribution is 5.81. The molecule has 0 aromatic heterocycles. The number of benzene rings is 1. The molecule has 2 N–H and O–H groups in total. The van der Waals surface area contributed by atoms with E-state index >= 15 is 0 Å². The molecule has 0 atom stereocenters. The molecule has 0 bridgehead atoms. The second-order valence-electron chi connectivity index (χ2n) is 7.41. The molecule has 1 heterocycles. The molecule has 1 aliphatic rings. The number of aliphatic imine (C=N–C) groups is 1. The number of amides is 1. The Morgan fingerprint density at radius 2 is 1.82 bits per heavy atom. The first-order valence-electron chi connectivity index (χ1n) is 9.62. The molecule has 156 valence electrons. The van der Waals surface area contributed by atoms with Gasteiger partial charge in [0.1, 0.15) is 5.82 Å². The van der Waals surface area contributed by atoms with Crippen molar-refractivity contribution in [3.8, 4) is 0 Å². The molecule has 1 aromatic rings. The second-order valence-corrected chi connectivity index (χ2v) is 7.41. The largest absolute Gasteiger partial charge is 0.377 e. The zero-order chi connectivity index (χ0) is 20.6. The van der Waals surface area contributed by atoms with Gasteiger partial charge in [0, 0.05) is 65.5 Å². The molecule has 0 spiro atoms. The average molecular weight is 394 g/mol. The third kappa shape index (κ3) is 6.67. The van der Waals surface area contributed by atoms with Crippen LogP contribution in [0.5, 0.6) is 0 Å². The summed E-state index contributed by atoms with van der Waals surface area (Å²) >= 11 is 0. The SMILES string of the molecule is CN=C(NCCC(=O)N1CCN(c2ccc(F)cc2)CC1)NCC(C)(C)OC. The highest BCUT2D eigenvalue weighted by Crippen LogP contribution is 2.17. The molecule has 0 unspecified atom stereocenters. The van der Waals surface area contributed by atoms with E-state index in [9.17, 15) is 9.18 Å². The molecular formula is C20H32FN5O2. The number of carbonyl (C=O) groups is 1. The van der Waals surface area contributed by atoms with Crippen LogP contribution in [-0.4, -0.2) is 75.8 Å². The Kier molecular flexibility index (Phi) is 8.04. The fraction of sp³-hybridized carbons (Fsp3) is 0.600. The van der Waals surface area contributed by atoms with Crippen LogP contribution in [0.15, 0.2) is 29.3 Å². The fourth-order valence-electron chi connectivity index (χ4n) is 2.90. The Labute approximate surface area is 166 Å². The Balaban J connectivity index is 1.70. The predicted octanol–water partition coefficient (Wildman–Crippen LogP) is 1.45. The van der Waals surface area contributed by atoms with Crippen LogP contribution >= 0.6 is 0 Å². The second kappa shape index (κ2) is 10.3. The summed E-state index contributed by atoms with van der Waals surface area (Å²) in [5, 5.41) is 6.36. The molecule has 0 radical (unpaired) electrons. The lowest BCUT2D eigenvalue weighted by Crippen LogP contribution is -2.50. The summed E-state index contributed by atoms with van der Waals surface area (Å²) in [7, 11) is 3.37. The van der Waals surface area contributed by atoms with Crippen molar-refractivity contribution < 1.29 is 13.9 Å². The van der Waals surface area contributed by atoms with Gasteiger partial charge in [0.05, 0.1) is 5.60 Å². The maximum Gasteiger partial charge on any atom is 0.224 e. The van der Waals surface area contributed by atoms with E-state index in [-0.39, 0.29) is 17.3 Å². The smallest absolute Gasteiger partial charge is 0.224 e. The number of piperazine rings is 1. The molecule has 7 nitrogen and oxygen atoms in total. The Morgan fingerprint density at radius 1 is 1.18 bits per heavy atom. The number of hydrogen-bond donors (Lipinski definition) is 2. The van der Waals surface area contributed by atoms with Crippen molar-refractivity contribution in [2.75, 3.05) is 58.3 Å². The van der Waals surface area contributed by atoms with E-state index in [1.54, 1.807) is 26.3 Å². The topological polar surface area (TPSA) is 69.2 Å². The van der Waals surface area contributed by atoms with Gasteiger partial charge in [0.2, 0.25) is 5.91 Å². The molecule has 1 amide bonds. The number of ether oxygens (including phenoxy) is 1. The molecular weight excluding hydrogens is 361 g/mol. The van der Waals surface area contributed by atoms with Crippen LogP contribution in [0.3, 0.4) is 0 Å². The van der Waals surface area contributed by atoms with Crippen molar-refractivity contribution in [1.82, 2.24) is 15.5 Å². The van der Waals surface area contributed by atoms with Gasteiger partial charge in [-0.25, -0.2) is 4.39 Å². The summed E-state index contributed by atoms with van der Waals surface area (Å²) in [6.07, 6.45) is 0.408. The molecule has 0 saturated carbocycles. The number of guanidine groups is 1. The van der Waals surface area contributed by atoms with Gasteiger partial charge in [-0.15, -0.1) is 0 Å². The van der Waals surface area contributed by atoms with Crippen molar-refractivity contribution >= 4 is 17.6 Å². The lowest BCUT2D eigenvalue weighted by Gasteiger charge is -2.36. The molecule has 1 aromatic carbocycles. The minimum absolute atomic E-state index is 0.124. The lowest BCUT2D eigenvalue weighted by molar-refractivity contribution is -0.131. The Hall–Kier alpha value is -2.35. The van der Waals surface area contributed by atoms with Gasteiger partial charge in [-0.05, 0) is 38.1 Å². The number of halogens is 1. The minimum atomic E-state index is -0.294. The van der Waals surface area contributed by atoms with Gasteiger partial charge in [0.15, 0.2) is 5.96 Å². The molecule has 2 rings (SSSR count). The van der Waals surface area contributed by atoms with E-state index in [4.69, 9.17) is 4.74 Å². The first-order chi connectivity index (χ1) is 13.3. The van der Waals surface area contributed by atoms with Crippen molar-refractivity contribution in [2.45, 2.75) is 25.9 Å². The van der Waals surface area contributed by atoms with E-state index in [1.165, 1.54) is 12.1 Å². The highest BCUT2D eigenvalue weighted by atomic mass is 19.1. The van der Waals surface area contributed by atoms with Crippen LogP contribution in [0, 0.1) is 5.82 Å². The molecule has 28 heavy (non-hydrogen) atoms. The van der Waals surface area contributed by atoms with E-state index in [0.29, 0.717) is 38.6 Å². The molecule has 1 aliphatic heterocycles. The predicted molar refractivity (Wildman–Crippen MR) is 110 cm³/mol. The third-order valence-electron chi connectivity index (χ3n) is 4.91. The quantitative estimate of drug-likeness (QED) is 0.542. The van der Waals surface area contributed by atoms with Crippen molar-refractivity contribution in [3.05, 3.63) is 30.1 Å². The number of methoxy groups -OCH3 is 1. The van der Waals surface area contributed by atoms with Gasteiger partial charge in [-0.2, -0.15) is 0 Å². The number of anilines is 1. The first-order valence-corrected chi connectivity index (χ1v) is 9.62. The van der Waals surface area contributed by atoms with Gasteiger partial charge in [-0.3, -0.25) is 9.79 Å². The summed E-state index contributed by atoms with van der Waals surface area (Å²) in [5.74, 6) is 0.540. The number of nitrogens with one attached hydrogen (secondary N) is 2. The van der Waals surface area contributed by atoms with E-state index in [0.717, 1.165) is 18.8 Å². The highest BCUT2D eigenvalue weighted by Gasteiger charge is 2.21. The number of carbonyl (C=O) groups excluding carboxylic acids is 1. The summed E-state index contributed by atoms with van der Waals surface area (Å²) < 4.78 is 18.4. The number of rotatable bonds is 7. The van der Waals surface area contributed by atoms with Crippen molar-refractivity contribution in [1.29, 1.82) is 0 Å². The fourth-order valence-corrected chi connectivity index (χ4v) is 2.90. The van der Waals surface area contributed by atoms with E-state index in [1.807, 2.05) is 18.7 Å². The van der Waals surface area contributed by atoms with Gasteiger partial charge in [0.25, 0.3) is 0 Å². The number of nitrogens with zero attached hydrogens (tertiary/aromatic N) is 3. The summed E-state index contributed by atoms with van der Waals surface area (Å²) in [5.41, 5.74) is 0.696. The summed E-state index contributed by atoms with van der Waals surface area (Å²) in [6.45, 7) is 7.95. The maximum absolute atomic E-state index is 13.1. The molecule has 0 aliphatic carbocycles. The van der Waals surface area contributed by atoms with Crippen LogP contribution < -0.4 is 15.5 Å². The van der Waals surface area contributed by atoms with E-state index < -0.39 is 0 Å². The third-order valence-corrected chi connectivity index (χ3v) is 4.91. The molecule has 8 heteroatoms. The minimum Gasteiger partial charge on any atom is -0.377 e. The van der Waals surface area contributed by atoms with Gasteiger partial charge < -0.3 is 25.2 Å². The number of hydrogen-bond acceptors (Lipinski definition) is 4. The first kappa shape index (κ1) is 21.9. The zero-order valence-corrected chi connectivity index (χ0v) is 17.3. The van der Waals surface area contributed by atoms with Crippen LogP contribution in [-0.2, 0) is 9.53 Å². The normalized spacial score (nSPS) is 15.5. The summed E-state index contributed by atoms with van der Waals surface area (Å²) in [6, 6.07) is 6.49.